The number of hydrogen-bond acceptors (Lipinski definition) is 1. The predicted molar refractivity (Wildman–Crippen MR) is 108 cm³/mol. The number of nitrogens with one attached hydrogen (secondary N) is 1. The lowest BCUT2D eigenvalue weighted by Gasteiger charge is -2.25. The Morgan fingerprint density at radius 3 is 2.20 bits per heavy atom. The molecule has 3 aromatic rings. The Labute approximate surface area is 149 Å². The zero-order valence-corrected chi connectivity index (χ0v) is 15.0. The van der Waals surface area contributed by atoms with Gasteiger partial charge in [0.2, 0.25) is 0 Å². The highest BCUT2D eigenvalue weighted by Gasteiger charge is 2.27. The summed E-state index contributed by atoms with van der Waals surface area (Å²) < 4.78 is 0. The van der Waals surface area contributed by atoms with E-state index in [9.17, 15) is 0 Å². The smallest absolute Gasteiger partial charge is 0.0442 e. The summed E-state index contributed by atoms with van der Waals surface area (Å²) >= 11 is 0. The van der Waals surface area contributed by atoms with Gasteiger partial charge in [-0.2, -0.15) is 0 Å². The van der Waals surface area contributed by atoms with Crippen molar-refractivity contribution in [3.8, 4) is 0 Å². The Bertz CT molecular complexity index is 1000. The fourth-order valence-electron chi connectivity index (χ4n) is 3.66. The first-order valence-electron chi connectivity index (χ1n) is 8.84. The van der Waals surface area contributed by atoms with Crippen LogP contribution >= 0.6 is 0 Å². The molecule has 0 saturated carbocycles. The van der Waals surface area contributed by atoms with E-state index < -0.39 is 0 Å². The van der Waals surface area contributed by atoms with Crippen LogP contribution in [-0.2, 0) is 0 Å². The second-order valence-electron chi connectivity index (χ2n) is 7.88. The van der Waals surface area contributed by atoms with Crippen LogP contribution in [0.1, 0.15) is 48.9 Å². The van der Waals surface area contributed by atoms with Gasteiger partial charge < -0.3 is 5.41 Å². The maximum absolute atomic E-state index is 8.82. The first-order chi connectivity index (χ1) is 11.9. The van der Waals surface area contributed by atoms with Gasteiger partial charge >= 0.3 is 0 Å². The summed E-state index contributed by atoms with van der Waals surface area (Å²) in [5.74, 6) is 0.221. The van der Waals surface area contributed by atoms with Crippen LogP contribution in [0.5, 0.6) is 0 Å². The number of fused-ring (bicyclic) bond motifs is 2. The van der Waals surface area contributed by atoms with E-state index in [0.717, 1.165) is 5.56 Å². The number of hydrogen-bond donors (Lipinski definition) is 1. The molecule has 1 atom stereocenters. The molecule has 3 aromatic carbocycles. The van der Waals surface area contributed by atoms with Crippen molar-refractivity contribution < 1.29 is 0 Å². The molecule has 0 bridgehead atoms. The van der Waals surface area contributed by atoms with E-state index in [-0.39, 0.29) is 11.3 Å². The molecule has 0 fully saturated rings. The Morgan fingerprint density at radius 1 is 0.840 bits per heavy atom. The van der Waals surface area contributed by atoms with Crippen LogP contribution in [0.25, 0.3) is 16.8 Å². The molecule has 0 spiro atoms. The molecule has 0 amide bonds. The van der Waals surface area contributed by atoms with Gasteiger partial charge in [-0.15, -0.1) is 0 Å². The lowest BCUT2D eigenvalue weighted by atomic mass is 9.79. The molecule has 124 valence electrons. The summed E-state index contributed by atoms with van der Waals surface area (Å²) in [6.45, 7) is 6.35. The third kappa shape index (κ3) is 2.70. The summed E-state index contributed by atoms with van der Waals surface area (Å²) in [6, 6.07) is 21.5. The number of allylic oxidation sites excluding steroid dienone is 1. The van der Waals surface area contributed by atoms with Crippen molar-refractivity contribution >= 4 is 22.6 Å². The first-order valence-corrected chi connectivity index (χ1v) is 8.84. The van der Waals surface area contributed by atoms with Gasteiger partial charge in [0.1, 0.15) is 0 Å². The Hall–Kier alpha value is -2.67. The molecule has 25 heavy (non-hydrogen) atoms. The minimum absolute atomic E-state index is 0.182. The molecule has 0 radical (unpaired) electrons. The molecule has 1 aliphatic carbocycles. The quantitative estimate of drug-likeness (QED) is 0.526. The van der Waals surface area contributed by atoms with Crippen LogP contribution in [0.15, 0.2) is 66.7 Å². The fourth-order valence-corrected chi connectivity index (χ4v) is 3.66. The second-order valence-corrected chi connectivity index (χ2v) is 7.88. The van der Waals surface area contributed by atoms with Crippen molar-refractivity contribution in [1.82, 2.24) is 0 Å². The summed E-state index contributed by atoms with van der Waals surface area (Å²) in [5, 5.41) is 11.3. The average Bonchev–Trinajstić information content (AvgIpc) is 3.03. The van der Waals surface area contributed by atoms with Crippen molar-refractivity contribution in [1.29, 1.82) is 5.41 Å². The second kappa shape index (κ2) is 5.70. The summed E-state index contributed by atoms with van der Waals surface area (Å²) in [6.07, 6.45) is 4.48. The van der Waals surface area contributed by atoms with Crippen LogP contribution < -0.4 is 0 Å². The standard InChI is InChI=1S/C24H23N/c1-24(2,3)23(25)22-15-18-10-5-4-9-17(18)14-21(22)20-13-12-16-8-6-7-11-19(16)20/h4-15,20,25H,1-3H3. The van der Waals surface area contributed by atoms with E-state index >= 15 is 0 Å². The zero-order chi connectivity index (χ0) is 17.6. The Kier molecular flexibility index (Phi) is 3.61. The third-order valence-corrected chi connectivity index (χ3v) is 5.07. The number of rotatable bonds is 2. The predicted octanol–water partition coefficient (Wildman–Crippen LogP) is 6.41. The van der Waals surface area contributed by atoms with Gasteiger partial charge in [0.05, 0.1) is 0 Å². The molecule has 1 heteroatoms. The van der Waals surface area contributed by atoms with Crippen LogP contribution in [0.2, 0.25) is 0 Å². The van der Waals surface area contributed by atoms with Crippen LogP contribution in [0.4, 0.5) is 0 Å². The van der Waals surface area contributed by atoms with E-state index in [0.29, 0.717) is 5.71 Å². The minimum Gasteiger partial charge on any atom is -0.304 e. The highest BCUT2D eigenvalue weighted by atomic mass is 14.5. The Morgan fingerprint density at radius 2 is 1.48 bits per heavy atom. The van der Waals surface area contributed by atoms with Gasteiger partial charge in [0, 0.05) is 22.6 Å². The lowest BCUT2D eigenvalue weighted by Crippen LogP contribution is -2.22. The van der Waals surface area contributed by atoms with E-state index in [1.54, 1.807) is 0 Å². The molecule has 1 N–H and O–H groups in total. The molecule has 0 aromatic heterocycles. The normalized spacial score (nSPS) is 16.2. The summed E-state index contributed by atoms with van der Waals surface area (Å²) in [5.41, 5.74) is 5.44. The van der Waals surface area contributed by atoms with E-state index in [1.807, 2.05) is 0 Å². The van der Waals surface area contributed by atoms with Crippen LogP contribution in [0.3, 0.4) is 0 Å². The maximum atomic E-state index is 8.82. The molecule has 1 aliphatic rings. The van der Waals surface area contributed by atoms with Gasteiger partial charge in [-0.05, 0) is 39.6 Å². The van der Waals surface area contributed by atoms with Gasteiger partial charge in [-0.3, -0.25) is 0 Å². The van der Waals surface area contributed by atoms with Crippen LogP contribution in [0, 0.1) is 10.8 Å². The molecule has 1 unspecified atom stereocenters. The van der Waals surface area contributed by atoms with E-state index in [1.165, 1.54) is 27.5 Å². The maximum Gasteiger partial charge on any atom is 0.0442 e. The van der Waals surface area contributed by atoms with Gasteiger partial charge in [-0.25, -0.2) is 0 Å². The highest BCUT2D eigenvalue weighted by molar-refractivity contribution is 6.06. The van der Waals surface area contributed by atoms with Gasteiger partial charge in [0.25, 0.3) is 0 Å². The van der Waals surface area contributed by atoms with Crippen molar-refractivity contribution in [2.75, 3.05) is 0 Å². The van der Waals surface area contributed by atoms with Crippen molar-refractivity contribution in [2.45, 2.75) is 26.7 Å². The van der Waals surface area contributed by atoms with Gasteiger partial charge in [0.15, 0.2) is 0 Å². The molecule has 0 heterocycles. The van der Waals surface area contributed by atoms with Crippen molar-refractivity contribution in [3.63, 3.8) is 0 Å². The zero-order valence-electron chi connectivity index (χ0n) is 15.0. The topological polar surface area (TPSA) is 23.9 Å². The summed E-state index contributed by atoms with van der Waals surface area (Å²) in [4.78, 5) is 0. The fraction of sp³-hybridized carbons (Fsp3) is 0.208. The lowest BCUT2D eigenvalue weighted by molar-refractivity contribution is 0.588. The largest absolute Gasteiger partial charge is 0.304 e. The average molecular weight is 325 g/mol. The highest BCUT2D eigenvalue weighted by Crippen LogP contribution is 2.39. The van der Waals surface area contributed by atoms with Crippen LogP contribution in [-0.4, -0.2) is 5.71 Å². The van der Waals surface area contributed by atoms with Crippen molar-refractivity contribution in [2.24, 2.45) is 5.41 Å². The Balaban J connectivity index is 1.96. The third-order valence-electron chi connectivity index (χ3n) is 5.07. The molecule has 1 nitrogen and oxygen atoms in total. The summed E-state index contributed by atoms with van der Waals surface area (Å²) in [7, 11) is 0. The van der Waals surface area contributed by atoms with E-state index in [2.05, 4.69) is 93.6 Å². The van der Waals surface area contributed by atoms with Gasteiger partial charge in [-0.1, -0.05) is 81.5 Å². The molecule has 4 rings (SSSR count). The molecule has 0 aliphatic heterocycles. The SMILES string of the molecule is CC(C)(C)C(=N)c1cc2ccccc2cc1C1C=Cc2ccccc21. The van der Waals surface area contributed by atoms with Crippen molar-refractivity contribution in [3.05, 3.63) is 89.0 Å². The molecular formula is C24H23N. The van der Waals surface area contributed by atoms with E-state index in [4.69, 9.17) is 5.41 Å². The molecule has 0 saturated heterocycles. The number of benzene rings is 3. The minimum atomic E-state index is -0.182. The molecular weight excluding hydrogens is 302 g/mol. The monoisotopic (exact) mass is 325 g/mol. The first kappa shape index (κ1) is 15.8.